The molecule has 1 fully saturated rings. The highest BCUT2D eigenvalue weighted by Gasteiger charge is 2.23. The Kier molecular flexibility index (Phi) is 7.63. The number of benzene rings is 2. The zero-order chi connectivity index (χ0) is 23.3. The maximum Gasteiger partial charge on any atom is 0.246 e. The van der Waals surface area contributed by atoms with Crippen LogP contribution in [0.4, 0.5) is 17.1 Å². The third-order valence-corrected chi connectivity index (χ3v) is 7.39. The fourth-order valence-corrected chi connectivity index (χ4v) is 4.71. The Morgan fingerprint density at radius 1 is 1.03 bits per heavy atom. The number of hydrogen-bond donors (Lipinski definition) is 2. The van der Waals surface area contributed by atoms with E-state index in [-0.39, 0.29) is 16.6 Å². The third kappa shape index (κ3) is 5.52. The number of sulfonamides is 1. The molecule has 0 spiro atoms. The molecular weight excluding hydrogens is 428 g/mol. The summed E-state index contributed by atoms with van der Waals surface area (Å²) < 4.78 is 31.5. The van der Waals surface area contributed by atoms with Crippen molar-refractivity contribution >= 4 is 33.0 Å². The molecule has 9 heteroatoms. The van der Waals surface area contributed by atoms with Gasteiger partial charge in [0.25, 0.3) is 0 Å². The van der Waals surface area contributed by atoms with Crippen LogP contribution in [0.5, 0.6) is 5.75 Å². The van der Waals surface area contributed by atoms with E-state index in [9.17, 15) is 13.2 Å². The number of anilines is 3. The standard InChI is InChI=1S/C23H32N4O4S/c1-17(24-19-10-13-21(31-4)22(16-19)32(29,30)26(2)3)23(28)25-18-8-11-20(12-9-18)27-14-6-5-7-15-27/h8-13,16-17,24H,5-7,14-15H2,1-4H3,(H,25,28)/t17-/m1/s1. The molecule has 32 heavy (non-hydrogen) atoms. The van der Waals surface area contributed by atoms with E-state index in [2.05, 4.69) is 15.5 Å². The van der Waals surface area contributed by atoms with Crippen LogP contribution >= 0.6 is 0 Å². The number of amides is 1. The van der Waals surface area contributed by atoms with Gasteiger partial charge in [-0.2, -0.15) is 0 Å². The second-order valence-corrected chi connectivity index (χ2v) is 10.2. The molecule has 174 valence electrons. The SMILES string of the molecule is COc1ccc(N[C@H](C)C(=O)Nc2ccc(N3CCCCC3)cc2)cc1S(=O)(=O)N(C)C. The molecule has 2 aromatic carbocycles. The number of carbonyl (C=O) groups excluding carboxylic acids is 1. The number of nitrogens with zero attached hydrogens (tertiary/aromatic N) is 2. The number of rotatable bonds is 8. The van der Waals surface area contributed by atoms with Crippen molar-refractivity contribution in [1.82, 2.24) is 4.31 Å². The Morgan fingerprint density at radius 3 is 2.25 bits per heavy atom. The van der Waals surface area contributed by atoms with Crippen LogP contribution in [0.3, 0.4) is 0 Å². The first-order valence-electron chi connectivity index (χ1n) is 10.8. The summed E-state index contributed by atoms with van der Waals surface area (Å²) in [4.78, 5) is 15.1. The lowest BCUT2D eigenvalue weighted by Crippen LogP contribution is -2.32. The van der Waals surface area contributed by atoms with Crippen molar-refractivity contribution in [3.63, 3.8) is 0 Å². The Balaban J connectivity index is 1.66. The molecule has 0 saturated carbocycles. The van der Waals surface area contributed by atoms with E-state index in [4.69, 9.17) is 4.74 Å². The molecule has 0 radical (unpaired) electrons. The smallest absolute Gasteiger partial charge is 0.246 e. The average molecular weight is 461 g/mol. The van der Waals surface area contributed by atoms with E-state index in [0.717, 1.165) is 23.1 Å². The Labute approximate surface area is 190 Å². The Bertz CT molecular complexity index is 1030. The van der Waals surface area contributed by atoms with Gasteiger partial charge in [0, 0.05) is 44.2 Å². The Morgan fingerprint density at radius 2 is 1.66 bits per heavy atom. The molecule has 1 atom stereocenters. The number of methoxy groups -OCH3 is 1. The van der Waals surface area contributed by atoms with Crippen molar-refractivity contribution in [3.8, 4) is 5.75 Å². The quantitative estimate of drug-likeness (QED) is 0.628. The van der Waals surface area contributed by atoms with Gasteiger partial charge >= 0.3 is 0 Å². The van der Waals surface area contributed by atoms with E-state index in [1.165, 1.54) is 52.2 Å². The number of nitrogens with one attached hydrogen (secondary N) is 2. The van der Waals surface area contributed by atoms with Gasteiger partial charge < -0.3 is 20.3 Å². The minimum Gasteiger partial charge on any atom is -0.495 e. The molecule has 1 amide bonds. The molecule has 2 aromatic rings. The average Bonchev–Trinajstić information content (AvgIpc) is 2.80. The first kappa shape index (κ1) is 23.9. The predicted molar refractivity (Wildman–Crippen MR) is 128 cm³/mol. The van der Waals surface area contributed by atoms with Crippen molar-refractivity contribution in [2.75, 3.05) is 49.8 Å². The molecule has 2 N–H and O–H groups in total. The van der Waals surface area contributed by atoms with Crippen molar-refractivity contribution < 1.29 is 17.9 Å². The Hall–Kier alpha value is -2.78. The van der Waals surface area contributed by atoms with Gasteiger partial charge in [0.1, 0.15) is 16.7 Å². The van der Waals surface area contributed by atoms with Gasteiger partial charge in [0.15, 0.2) is 0 Å². The lowest BCUT2D eigenvalue weighted by molar-refractivity contribution is -0.116. The first-order valence-corrected chi connectivity index (χ1v) is 12.2. The third-order valence-electron chi connectivity index (χ3n) is 5.55. The second kappa shape index (κ2) is 10.2. The summed E-state index contributed by atoms with van der Waals surface area (Å²) in [5, 5.41) is 5.98. The predicted octanol–water partition coefficient (Wildman–Crippen LogP) is 3.37. The van der Waals surface area contributed by atoms with Crippen LogP contribution in [0.15, 0.2) is 47.4 Å². The lowest BCUT2D eigenvalue weighted by atomic mass is 10.1. The van der Waals surface area contributed by atoms with Gasteiger partial charge in [-0.05, 0) is 68.7 Å². The summed E-state index contributed by atoms with van der Waals surface area (Å²) in [5.74, 6) is 0.0266. The van der Waals surface area contributed by atoms with Gasteiger partial charge in [0.2, 0.25) is 15.9 Å². The van der Waals surface area contributed by atoms with Crippen molar-refractivity contribution in [1.29, 1.82) is 0 Å². The number of piperidine rings is 1. The van der Waals surface area contributed by atoms with Crippen LogP contribution < -0.4 is 20.3 Å². The van der Waals surface area contributed by atoms with Crippen LogP contribution in [-0.2, 0) is 14.8 Å². The lowest BCUT2D eigenvalue weighted by Gasteiger charge is -2.28. The van der Waals surface area contributed by atoms with Crippen LogP contribution in [0, 0.1) is 0 Å². The summed E-state index contributed by atoms with van der Waals surface area (Å²) in [7, 11) is 0.644. The maximum atomic E-state index is 12.7. The van der Waals surface area contributed by atoms with E-state index in [0.29, 0.717) is 5.69 Å². The zero-order valence-electron chi connectivity index (χ0n) is 19.1. The highest BCUT2D eigenvalue weighted by Crippen LogP contribution is 2.29. The number of carbonyl (C=O) groups is 1. The molecule has 1 heterocycles. The summed E-state index contributed by atoms with van der Waals surface area (Å²) in [6.45, 7) is 3.86. The van der Waals surface area contributed by atoms with Crippen LogP contribution in [-0.4, -0.2) is 59.0 Å². The monoisotopic (exact) mass is 460 g/mol. The molecule has 1 aliphatic rings. The molecule has 0 bridgehead atoms. The zero-order valence-corrected chi connectivity index (χ0v) is 19.9. The van der Waals surface area contributed by atoms with Crippen LogP contribution in [0.1, 0.15) is 26.2 Å². The van der Waals surface area contributed by atoms with Gasteiger partial charge in [-0.25, -0.2) is 12.7 Å². The molecule has 3 rings (SSSR count). The molecule has 1 saturated heterocycles. The molecule has 0 aromatic heterocycles. The fourth-order valence-electron chi connectivity index (χ4n) is 3.64. The van der Waals surface area contributed by atoms with Gasteiger partial charge in [0.05, 0.1) is 7.11 Å². The van der Waals surface area contributed by atoms with Crippen LogP contribution in [0.25, 0.3) is 0 Å². The maximum absolute atomic E-state index is 12.7. The molecule has 8 nitrogen and oxygen atoms in total. The second-order valence-electron chi connectivity index (χ2n) is 8.10. The molecule has 0 aliphatic carbocycles. The summed E-state index contributed by atoms with van der Waals surface area (Å²) in [5.41, 5.74) is 2.39. The van der Waals surface area contributed by atoms with Gasteiger partial charge in [-0.1, -0.05) is 0 Å². The first-order chi connectivity index (χ1) is 15.2. The summed E-state index contributed by atoms with van der Waals surface area (Å²) in [6, 6.07) is 12.0. The van der Waals surface area contributed by atoms with Gasteiger partial charge in [-0.3, -0.25) is 4.79 Å². The molecule has 0 unspecified atom stereocenters. The minimum atomic E-state index is -3.70. The van der Waals surface area contributed by atoms with E-state index < -0.39 is 16.1 Å². The highest BCUT2D eigenvalue weighted by atomic mass is 32.2. The van der Waals surface area contributed by atoms with Crippen molar-refractivity contribution in [2.45, 2.75) is 37.1 Å². The van der Waals surface area contributed by atoms with E-state index in [1.807, 2.05) is 24.3 Å². The van der Waals surface area contributed by atoms with Crippen molar-refractivity contribution in [3.05, 3.63) is 42.5 Å². The minimum absolute atomic E-state index is 0.0379. The largest absolute Gasteiger partial charge is 0.495 e. The fraction of sp³-hybridized carbons (Fsp3) is 0.435. The topological polar surface area (TPSA) is 91.0 Å². The van der Waals surface area contributed by atoms with E-state index >= 15 is 0 Å². The number of ether oxygens (including phenoxy) is 1. The van der Waals surface area contributed by atoms with E-state index in [1.54, 1.807) is 19.1 Å². The molecule has 1 aliphatic heterocycles. The summed E-state index contributed by atoms with van der Waals surface area (Å²) in [6.07, 6.45) is 3.71. The highest BCUT2D eigenvalue weighted by molar-refractivity contribution is 7.89. The van der Waals surface area contributed by atoms with Crippen molar-refractivity contribution in [2.24, 2.45) is 0 Å². The number of hydrogen-bond acceptors (Lipinski definition) is 6. The summed E-state index contributed by atoms with van der Waals surface area (Å²) >= 11 is 0. The normalized spacial score (nSPS) is 15.3. The molecular formula is C23H32N4O4S. The van der Waals surface area contributed by atoms with Gasteiger partial charge in [-0.15, -0.1) is 0 Å². The van der Waals surface area contributed by atoms with Crippen LogP contribution in [0.2, 0.25) is 0 Å².